The Morgan fingerprint density at radius 3 is 2.64 bits per heavy atom. The lowest BCUT2D eigenvalue weighted by Gasteiger charge is -2.11. The van der Waals surface area contributed by atoms with Crippen molar-refractivity contribution in [3.8, 4) is 11.4 Å². The summed E-state index contributed by atoms with van der Waals surface area (Å²) in [6.07, 6.45) is 2.29. The van der Waals surface area contributed by atoms with E-state index in [-0.39, 0.29) is 29.8 Å². The van der Waals surface area contributed by atoms with E-state index >= 15 is 0 Å². The third kappa shape index (κ3) is 6.59. The molecule has 0 saturated heterocycles. The van der Waals surface area contributed by atoms with Gasteiger partial charge in [0.05, 0.1) is 6.54 Å². The number of benzene rings is 2. The van der Waals surface area contributed by atoms with Crippen LogP contribution >= 0.6 is 24.0 Å². The number of aliphatic imine (C=N–C) groups is 1. The average Bonchev–Trinajstić information content (AvgIpc) is 3.23. The van der Waals surface area contributed by atoms with Crippen LogP contribution in [-0.2, 0) is 13.0 Å². The molecule has 0 bridgehead atoms. The molecule has 0 amide bonds. The quantitative estimate of drug-likeness (QED) is 0.267. The fourth-order valence-corrected chi connectivity index (χ4v) is 2.65. The van der Waals surface area contributed by atoms with Gasteiger partial charge in [-0.25, -0.2) is 14.4 Å². The Labute approximate surface area is 181 Å². The van der Waals surface area contributed by atoms with Gasteiger partial charge < -0.3 is 10.6 Å². The van der Waals surface area contributed by atoms with Gasteiger partial charge in [0.15, 0.2) is 11.8 Å². The summed E-state index contributed by atoms with van der Waals surface area (Å²) in [4.78, 5) is 8.82. The van der Waals surface area contributed by atoms with E-state index in [1.165, 1.54) is 18.5 Å². The van der Waals surface area contributed by atoms with Crippen LogP contribution in [0.15, 0.2) is 59.9 Å². The van der Waals surface area contributed by atoms with Crippen molar-refractivity contribution < 1.29 is 4.39 Å². The van der Waals surface area contributed by atoms with Gasteiger partial charge in [-0.3, -0.25) is 5.10 Å². The molecule has 1 aromatic heterocycles. The number of nitrogens with zero attached hydrogens (tertiary/aromatic N) is 3. The molecule has 0 fully saturated rings. The molecule has 0 atom stereocenters. The molecule has 8 heteroatoms. The van der Waals surface area contributed by atoms with E-state index in [1.54, 1.807) is 12.1 Å². The molecule has 148 valence electrons. The molecule has 0 spiro atoms. The van der Waals surface area contributed by atoms with Gasteiger partial charge in [0.2, 0.25) is 0 Å². The number of rotatable bonds is 7. The normalized spacial score (nSPS) is 11.0. The van der Waals surface area contributed by atoms with Crippen LogP contribution in [-0.4, -0.2) is 34.2 Å². The Balaban J connectivity index is 0.00000280. The van der Waals surface area contributed by atoms with E-state index in [2.05, 4.69) is 30.8 Å². The number of hydrogen-bond donors (Lipinski definition) is 3. The SMILES string of the molecule is CCNC(=NCc1cccc(-c2ncn[nH]2)c1)NCCc1ccc(F)cc1.I. The molecule has 3 N–H and O–H groups in total. The van der Waals surface area contributed by atoms with Crippen LogP contribution in [0.2, 0.25) is 0 Å². The Kier molecular flexibility index (Phi) is 8.86. The number of hydrogen-bond acceptors (Lipinski definition) is 3. The molecular weight excluding hydrogens is 470 g/mol. The second-order valence-electron chi connectivity index (χ2n) is 6.03. The Hall–Kier alpha value is -2.49. The van der Waals surface area contributed by atoms with Crippen LogP contribution in [0.1, 0.15) is 18.1 Å². The lowest BCUT2D eigenvalue weighted by atomic mass is 10.1. The molecule has 3 rings (SSSR count). The minimum atomic E-state index is -0.214. The summed E-state index contributed by atoms with van der Waals surface area (Å²) < 4.78 is 13.0. The van der Waals surface area contributed by atoms with Crippen LogP contribution < -0.4 is 10.6 Å². The molecule has 3 aromatic rings. The van der Waals surface area contributed by atoms with Crippen molar-refractivity contribution >= 4 is 29.9 Å². The first-order valence-corrected chi connectivity index (χ1v) is 8.96. The van der Waals surface area contributed by atoms with Crippen LogP contribution in [0.25, 0.3) is 11.4 Å². The van der Waals surface area contributed by atoms with Gasteiger partial charge in [0, 0.05) is 18.7 Å². The van der Waals surface area contributed by atoms with Gasteiger partial charge in [-0.2, -0.15) is 5.10 Å². The van der Waals surface area contributed by atoms with E-state index in [0.717, 1.165) is 48.0 Å². The molecular formula is C20H24FIN6. The zero-order chi connectivity index (χ0) is 18.9. The Morgan fingerprint density at radius 1 is 1.11 bits per heavy atom. The zero-order valence-corrected chi connectivity index (χ0v) is 18.0. The van der Waals surface area contributed by atoms with Gasteiger partial charge in [0.25, 0.3) is 0 Å². The molecule has 0 aliphatic rings. The zero-order valence-electron chi connectivity index (χ0n) is 15.7. The first kappa shape index (κ1) is 21.8. The predicted octanol–water partition coefficient (Wildman–Crippen LogP) is 3.53. The molecule has 0 aliphatic heterocycles. The van der Waals surface area contributed by atoms with Gasteiger partial charge in [-0.1, -0.05) is 30.3 Å². The number of guanidine groups is 1. The average molecular weight is 494 g/mol. The lowest BCUT2D eigenvalue weighted by Crippen LogP contribution is -2.38. The Morgan fingerprint density at radius 2 is 1.93 bits per heavy atom. The summed E-state index contributed by atoms with van der Waals surface area (Å²) in [5, 5.41) is 13.3. The lowest BCUT2D eigenvalue weighted by molar-refractivity contribution is 0.626. The smallest absolute Gasteiger partial charge is 0.191 e. The predicted molar refractivity (Wildman–Crippen MR) is 120 cm³/mol. The van der Waals surface area contributed by atoms with Crippen molar-refractivity contribution in [2.24, 2.45) is 4.99 Å². The number of aromatic nitrogens is 3. The Bertz CT molecular complexity index is 865. The van der Waals surface area contributed by atoms with Gasteiger partial charge in [0.1, 0.15) is 12.1 Å². The van der Waals surface area contributed by atoms with Gasteiger partial charge in [-0.15, -0.1) is 24.0 Å². The maximum Gasteiger partial charge on any atom is 0.191 e. The summed E-state index contributed by atoms with van der Waals surface area (Å²) >= 11 is 0. The van der Waals surface area contributed by atoms with Crippen LogP contribution in [0.4, 0.5) is 4.39 Å². The third-order valence-electron chi connectivity index (χ3n) is 4.00. The molecule has 28 heavy (non-hydrogen) atoms. The maximum atomic E-state index is 13.0. The standard InChI is InChI=1S/C20H23FN6.HI/c1-2-22-20(23-11-10-15-6-8-18(21)9-7-15)24-13-16-4-3-5-17(12-16)19-25-14-26-27-19;/h3-9,12,14H,2,10-11,13H2,1H3,(H2,22,23,24)(H,25,26,27);1H. The fourth-order valence-electron chi connectivity index (χ4n) is 2.65. The molecule has 1 heterocycles. The largest absolute Gasteiger partial charge is 0.357 e. The van der Waals surface area contributed by atoms with Gasteiger partial charge >= 0.3 is 0 Å². The van der Waals surface area contributed by atoms with Crippen molar-refractivity contribution in [3.05, 3.63) is 71.8 Å². The van der Waals surface area contributed by atoms with E-state index in [4.69, 9.17) is 0 Å². The van der Waals surface area contributed by atoms with E-state index < -0.39 is 0 Å². The minimum absolute atomic E-state index is 0. The van der Waals surface area contributed by atoms with Crippen molar-refractivity contribution in [3.63, 3.8) is 0 Å². The number of halogens is 2. The topological polar surface area (TPSA) is 78.0 Å². The fraction of sp³-hybridized carbons (Fsp3) is 0.250. The number of nitrogens with one attached hydrogen (secondary N) is 3. The molecule has 0 radical (unpaired) electrons. The number of aromatic amines is 1. The molecule has 0 saturated carbocycles. The van der Waals surface area contributed by atoms with Crippen LogP contribution in [0, 0.1) is 5.82 Å². The third-order valence-corrected chi connectivity index (χ3v) is 4.00. The highest BCUT2D eigenvalue weighted by molar-refractivity contribution is 14.0. The summed E-state index contributed by atoms with van der Waals surface area (Å²) in [6, 6.07) is 14.6. The van der Waals surface area contributed by atoms with E-state index in [0.29, 0.717) is 6.54 Å². The van der Waals surface area contributed by atoms with Crippen molar-refractivity contribution in [1.29, 1.82) is 0 Å². The first-order chi connectivity index (χ1) is 13.2. The minimum Gasteiger partial charge on any atom is -0.357 e. The highest BCUT2D eigenvalue weighted by Gasteiger charge is 2.03. The highest BCUT2D eigenvalue weighted by Crippen LogP contribution is 2.15. The summed E-state index contributed by atoms with van der Waals surface area (Å²) in [7, 11) is 0. The summed E-state index contributed by atoms with van der Waals surface area (Å²) in [5.74, 6) is 1.28. The summed E-state index contributed by atoms with van der Waals surface area (Å²) in [6.45, 7) is 4.08. The van der Waals surface area contributed by atoms with E-state index in [9.17, 15) is 4.39 Å². The van der Waals surface area contributed by atoms with Crippen LogP contribution in [0.3, 0.4) is 0 Å². The van der Waals surface area contributed by atoms with Crippen molar-refractivity contribution in [2.75, 3.05) is 13.1 Å². The summed E-state index contributed by atoms with van der Waals surface area (Å²) in [5.41, 5.74) is 3.15. The maximum absolute atomic E-state index is 13.0. The monoisotopic (exact) mass is 494 g/mol. The molecule has 0 aliphatic carbocycles. The van der Waals surface area contributed by atoms with Crippen LogP contribution in [0.5, 0.6) is 0 Å². The first-order valence-electron chi connectivity index (χ1n) is 8.96. The van der Waals surface area contributed by atoms with Gasteiger partial charge in [-0.05, 0) is 42.7 Å². The second kappa shape index (κ2) is 11.4. The van der Waals surface area contributed by atoms with Crippen molar-refractivity contribution in [1.82, 2.24) is 25.8 Å². The second-order valence-corrected chi connectivity index (χ2v) is 6.03. The molecule has 0 unspecified atom stereocenters. The van der Waals surface area contributed by atoms with Crippen molar-refractivity contribution in [2.45, 2.75) is 19.9 Å². The molecule has 6 nitrogen and oxygen atoms in total. The highest BCUT2D eigenvalue weighted by atomic mass is 127. The van der Waals surface area contributed by atoms with E-state index in [1.807, 2.05) is 31.2 Å². The number of H-pyrrole nitrogens is 1. The molecule has 2 aromatic carbocycles.